The molecule has 0 saturated carbocycles. The molecular formula is C21H23N3O4. The van der Waals surface area contributed by atoms with E-state index >= 15 is 0 Å². The number of esters is 1. The number of amides is 1. The highest BCUT2D eigenvalue weighted by atomic mass is 16.5. The number of pyridine rings is 1. The van der Waals surface area contributed by atoms with Crippen molar-refractivity contribution in [2.45, 2.75) is 6.42 Å². The van der Waals surface area contributed by atoms with Crippen LogP contribution in [0.15, 0.2) is 48.8 Å². The molecule has 146 valence electrons. The average molecular weight is 381 g/mol. The highest BCUT2D eigenvalue weighted by Gasteiger charge is 2.17. The van der Waals surface area contributed by atoms with E-state index in [1.807, 2.05) is 24.3 Å². The molecule has 1 aliphatic rings. The van der Waals surface area contributed by atoms with Gasteiger partial charge in [-0.3, -0.25) is 14.6 Å². The Hall–Kier alpha value is -3.19. The number of aromatic nitrogens is 1. The van der Waals surface area contributed by atoms with Gasteiger partial charge in [0, 0.05) is 42.9 Å². The van der Waals surface area contributed by atoms with Gasteiger partial charge < -0.3 is 19.7 Å². The third kappa shape index (κ3) is 5.40. The Bertz CT molecular complexity index is 846. The van der Waals surface area contributed by atoms with Gasteiger partial charge in [0.2, 0.25) is 5.91 Å². The molecule has 0 spiro atoms. The number of hydrogen-bond donors (Lipinski definition) is 1. The molecule has 0 atom stereocenters. The van der Waals surface area contributed by atoms with Gasteiger partial charge in [-0.05, 0) is 41.5 Å². The van der Waals surface area contributed by atoms with Crippen molar-refractivity contribution in [3.63, 3.8) is 0 Å². The van der Waals surface area contributed by atoms with Crippen molar-refractivity contribution in [1.29, 1.82) is 0 Å². The summed E-state index contributed by atoms with van der Waals surface area (Å²) in [6, 6.07) is 9.24. The van der Waals surface area contributed by atoms with E-state index < -0.39 is 0 Å². The van der Waals surface area contributed by atoms with Crippen LogP contribution in [0.2, 0.25) is 0 Å². The van der Waals surface area contributed by atoms with Crippen LogP contribution in [0.3, 0.4) is 0 Å². The molecule has 2 heterocycles. The Morgan fingerprint density at radius 3 is 2.82 bits per heavy atom. The number of carbonyl (C=O) groups is 2. The van der Waals surface area contributed by atoms with Gasteiger partial charge in [0.05, 0.1) is 26.7 Å². The number of rotatable bonds is 6. The van der Waals surface area contributed by atoms with Gasteiger partial charge >= 0.3 is 5.97 Å². The maximum Gasteiger partial charge on any atom is 0.310 e. The summed E-state index contributed by atoms with van der Waals surface area (Å²) >= 11 is 0. The molecular weight excluding hydrogens is 358 g/mol. The van der Waals surface area contributed by atoms with Crippen LogP contribution in [0.4, 0.5) is 11.4 Å². The maximum absolute atomic E-state index is 12.2. The molecule has 1 saturated heterocycles. The first kappa shape index (κ1) is 19.6. The summed E-state index contributed by atoms with van der Waals surface area (Å²) in [5.74, 6) is -0.582. The first-order chi connectivity index (χ1) is 13.7. The first-order valence-corrected chi connectivity index (χ1v) is 9.07. The van der Waals surface area contributed by atoms with E-state index in [9.17, 15) is 9.59 Å². The van der Waals surface area contributed by atoms with Gasteiger partial charge in [-0.15, -0.1) is 0 Å². The molecule has 28 heavy (non-hydrogen) atoms. The second-order valence-corrected chi connectivity index (χ2v) is 6.30. The Morgan fingerprint density at radius 1 is 1.29 bits per heavy atom. The molecule has 0 bridgehead atoms. The molecule has 0 unspecified atom stereocenters. The summed E-state index contributed by atoms with van der Waals surface area (Å²) in [5.41, 5.74) is 3.23. The largest absolute Gasteiger partial charge is 0.469 e. The number of benzene rings is 1. The van der Waals surface area contributed by atoms with Crippen molar-refractivity contribution in [1.82, 2.24) is 4.98 Å². The molecule has 1 fully saturated rings. The second-order valence-electron chi connectivity index (χ2n) is 6.30. The number of ether oxygens (including phenoxy) is 2. The summed E-state index contributed by atoms with van der Waals surface area (Å²) in [6.45, 7) is 2.81. The Kier molecular flexibility index (Phi) is 6.75. The number of anilines is 2. The molecule has 1 aliphatic heterocycles. The molecule has 2 aromatic rings. The van der Waals surface area contributed by atoms with E-state index in [-0.39, 0.29) is 18.3 Å². The molecule has 1 N–H and O–H groups in total. The lowest BCUT2D eigenvalue weighted by Gasteiger charge is -2.30. The summed E-state index contributed by atoms with van der Waals surface area (Å²) in [7, 11) is 1.37. The van der Waals surface area contributed by atoms with Crippen LogP contribution >= 0.6 is 0 Å². The fourth-order valence-corrected chi connectivity index (χ4v) is 2.98. The smallest absolute Gasteiger partial charge is 0.310 e. The van der Waals surface area contributed by atoms with E-state index in [0.717, 1.165) is 29.9 Å². The van der Waals surface area contributed by atoms with E-state index in [0.29, 0.717) is 18.9 Å². The normalized spacial score (nSPS) is 14.1. The molecule has 7 heteroatoms. The average Bonchev–Trinajstić information content (AvgIpc) is 2.74. The zero-order valence-electron chi connectivity index (χ0n) is 15.8. The quantitative estimate of drug-likeness (QED) is 0.611. The van der Waals surface area contributed by atoms with E-state index in [1.54, 1.807) is 24.5 Å². The molecule has 3 rings (SSSR count). The summed E-state index contributed by atoms with van der Waals surface area (Å²) in [4.78, 5) is 30.2. The summed E-state index contributed by atoms with van der Waals surface area (Å²) < 4.78 is 10.2. The van der Waals surface area contributed by atoms with Crippen molar-refractivity contribution in [2.24, 2.45) is 0 Å². The lowest BCUT2D eigenvalue weighted by atomic mass is 10.1. The third-order valence-corrected chi connectivity index (χ3v) is 4.37. The van der Waals surface area contributed by atoms with Crippen LogP contribution in [0, 0.1) is 0 Å². The van der Waals surface area contributed by atoms with Crippen LogP contribution in [0.5, 0.6) is 0 Å². The number of hydrogen-bond acceptors (Lipinski definition) is 6. The van der Waals surface area contributed by atoms with Crippen molar-refractivity contribution in [3.05, 3.63) is 59.9 Å². The molecule has 1 aromatic carbocycles. The lowest BCUT2D eigenvalue weighted by Crippen LogP contribution is -2.37. The second kappa shape index (κ2) is 9.66. The third-order valence-electron chi connectivity index (χ3n) is 4.37. The molecule has 0 aliphatic carbocycles. The van der Waals surface area contributed by atoms with Crippen molar-refractivity contribution >= 4 is 29.3 Å². The highest BCUT2D eigenvalue weighted by molar-refractivity contribution is 6.02. The fourth-order valence-electron chi connectivity index (χ4n) is 2.98. The van der Waals surface area contributed by atoms with Crippen LogP contribution < -0.4 is 10.2 Å². The van der Waals surface area contributed by atoms with E-state index in [2.05, 4.69) is 15.2 Å². The van der Waals surface area contributed by atoms with Crippen molar-refractivity contribution in [2.75, 3.05) is 43.6 Å². The minimum atomic E-state index is -0.325. The van der Waals surface area contributed by atoms with Gasteiger partial charge in [-0.1, -0.05) is 6.07 Å². The zero-order chi connectivity index (χ0) is 19.8. The minimum Gasteiger partial charge on any atom is -0.469 e. The van der Waals surface area contributed by atoms with Gasteiger partial charge in [0.25, 0.3) is 0 Å². The van der Waals surface area contributed by atoms with Crippen LogP contribution in [-0.4, -0.2) is 50.3 Å². The minimum absolute atomic E-state index is 0.137. The Labute approximate surface area is 164 Å². The monoisotopic (exact) mass is 381 g/mol. The summed E-state index contributed by atoms with van der Waals surface area (Å²) in [5, 5.41) is 2.83. The van der Waals surface area contributed by atoms with Gasteiger partial charge in [-0.2, -0.15) is 0 Å². The van der Waals surface area contributed by atoms with Gasteiger partial charge in [-0.25, -0.2) is 0 Å². The van der Waals surface area contributed by atoms with Crippen molar-refractivity contribution < 1.29 is 19.1 Å². The van der Waals surface area contributed by atoms with E-state index in [1.165, 1.54) is 13.2 Å². The zero-order valence-corrected chi connectivity index (χ0v) is 15.8. The molecule has 7 nitrogen and oxygen atoms in total. The van der Waals surface area contributed by atoms with Gasteiger partial charge in [0.1, 0.15) is 0 Å². The van der Waals surface area contributed by atoms with Gasteiger partial charge in [0.15, 0.2) is 0 Å². The first-order valence-electron chi connectivity index (χ1n) is 9.07. The van der Waals surface area contributed by atoms with Crippen LogP contribution in [0.25, 0.3) is 6.08 Å². The number of nitrogens with zero attached hydrogens (tertiary/aromatic N) is 2. The SMILES string of the molecule is COC(=O)Cc1cc(NC(=O)/C=C/c2cccnc2)ccc1N1CCOCC1. The highest BCUT2D eigenvalue weighted by Crippen LogP contribution is 2.26. The summed E-state index contributed by atoms with van der Waals surface area (Å²) in [6.07, 6.45) is 6.64. The molecule has 1 amide bonds. The lowest BCUT2D eigenvalue weighted by molar-refractivity contribution is -0.139. The Balaban J connectivity index is 1.75. The fraction of sp³-hybridized carbons (Fsp3) is 0.286. The topological polar surface area (TPSA) is 80.8 Å². The standard InChI is InChI=1S/C21H23N3O4/c1-27-21(26)14-17-13-18(5-6-19(17)24-9-11-28-12-10-24)23-20(25)7-4-16-3-2-8-22-15-16/h2-8,13,15H,9-12,14H2,1H3,(H,23,25)/b7-4+. The molecule has 1 aromatic heterocycles. The Morgan fingerprint density at radius 2 is 2.11 bits per heavy atom. The predicted octanol–water partition coefficient (Wildman–Crippen LogP) is 2.29. The predicted molar refractivity (Wildman–Crippen MR) is 107 cm³/mol. The number of nitrogens with one attached hydrogen (secondary N) is 1. The number of carbonyl (C=O) groups excluding carboxylic acids is 2. The number of morpholine rings is 1. The van der Waals surface area contributed by atoms with Crippen LogP contribution in [0.1, 0.15) is 11.1 Å². The van der Waals surface area contributed by atoms with Crippen molar-refractivity contribution in [3.8, 4) is 0 Å². The molecule has 0 radical (unpaired) electrons. The van der Waals surface area contributed by atoms with Crippen LogP contribution in [-0.2, 0) is 25.5 Å². The number of methoxy groups -OCH3 is 1. The van der Waals surface area contributed by atoms with E-state index in [4.69, 9.17) is 9.47 Å². The maximum atomic E-state index is 12.2.